The van der Waals surface area contributed by atoms with E-state index in [9.17, 15) is 9.59 Å². The van der Waals surface area contributed by atoms with Gasteiger partial charge in [0, 0.05) is 23.5 Å². The van der Waals surface area contributed by atoms with E-state index in [-0.39, 0.29) is 18.1 Å². The van der Waals surface area contributed by atoms with Crippen LogP contribution in [0.1, 0.15) is 34.5 Å². The number of nitrogens with zero attached hydrogens (tertiary/aromatic N) is 1. The fourth-order valence-corrected chi connectivity index (χ4v) is 2.44. The van der Waals surface area contributed by atoms with Gasteiger partial charge in [-0.25, -0.2) is 4.79 Å². The van der Waals surface area contributed by atoms with E-state index >= 15 is 0 Å². The fraction of sp³-hybridized carbons (Fsp3) is 0.438. The Morgan fingerprint density at radius 3 is 2.70 bits per heavy atom. The number of aromatic amines is 2. The molecule has 23 heavy (non-hydrogen) atoms. The molecule has 7 heteroatoms. The third kappa shape index (κ3) is 4.70. The largest absolute Gasteiger partial charge is 0.338 e. The predicted molar refractivity (Wildman–Crippen MR) is 88.4 cm³/mol. The number of pyridine rings is 1. The lowest BCUT2D eigenvalue weighted by Gasteiger charge is -2.09. The average molecular weight is 317 g/mol. The smallest absolute Gasteiger partial charge is 0.315 e. The number of hydrogen-bond acceptors (Lipinski definition) is 3. The van der Waals surface area contributed by atoms with E-state index in [1.54, 1.807) is 0 Å². The van der Waals surface area contributed by atoms with Crippen molar-refractivity contribution in [2.45, 2.75) is 40.2 Å². The number of hydrogen-bond donors (Lipinski definition) is 4. The fourth-order valence-electron chi connectivity index (χ4n) is 2.44. The van der Waals surface area contributed by atoms with Crippen molar-refractivity contribution in [2.24, 2.45) is 0 Å². The summed E-state index contributed by atoms with van der Waals surface area (Å²) < 4.78 is 0. The molecule has 0 aliphatic carbocycles. The van der Waals surface area contributed by atoms with E-state index in [4.69, 9.17) is 0 Å². The molecule has 0 aliphatic heterocycles. The van der Waals surface area contributed by atoms with Gasteiger partial charge in [0.2, 0.25) is 0 Å². The highest BCUT2D eigenvalue weighted by Crippen LogP contribution is 2.05. The molecule has 0 saturated heterocycles. The van der Waals surface area contributed by atoms with Crippen LogP contribution in [0.3, 0.4) is 0 Å². The number of carbonyl (C=O) groups excluding carboxylic acids is 1. The van der Waals surface area contributed by atoms with E-state index in [0.717, 1.165) is 35.4 Å². The highest BCUT2D eigenvalue weighted by molar-refractivity contribution is 5.73. The lowest BCUT2D eigenvalue weighted by molar-refractivity contribution is 0.240. The van der Waals surface area contributed by atoms with Crippen molar-refractivity contribution in [1.82, 2.24) is 25.8 Å². The van der Waals surface area contributed by atoms with Gasteiger partial charge in [0.15, 0.2) is 0 Å². The van der Waals surface area contributed by atoms with Crippen LogP contribution in [0.5, 0.6) is 0 Å². The Kier molecular flexibility index (Phi) is 5.56. The molecule has 2 rings (SSSR count). The second-order valence-electron chi connectivity index (χ2n) is 5.68. The number of urea groups is 1. The summed E-state index contributed by atoms with van der Waals surface area (Å²) in [5, 5.41) is 12.4. The number of carbonyl (C=O) groups is 1. The molecule has 0 fully saturated rings. The van der Waals surface area contributed by atoms with E-state index in [1.807, 2.05) is 33.0 Å². The Bertz CT molecular complexity index is 732. The number of H-pyrrole nitrogens is 2. The molecule has 0 spiro atoms. The quantitative estimate of drug-likeness (QED) is 0.606. The standard InChI is InChI=1S/C16H23N5O2/c1-10-7-11(2)20-15(22)14(10)9-18-16(23)17-6-4-5-13-8-19-21-12(13)3/h7-8H,4-6,9H2,1-3H3,(H,19,21)(H,20,22)(H2,17,18,23). The van der Waals surface area contributed by atoms with Crippen LogP contribution < -0.4 is 16.2 Å². The predicted octanol–water partition coefficient (Wildman–Crippen LogP) is 1.46. The third-order valence-electron chi connectivity index (χ3n) is 3.76. The minimum Gasteiger partial charge on any atom is -0.338 e. The topological polar surface area (TPSA) is 103 Å². The summed E-state index contributed by atoms with van der Waals surface area (Å²) in [5.41, 5.74) is 4.34. The van der Waals surface area contributed by atoms with E-state index in [2.05, 4.69) is 25.8 Å². The first-order valence-electron chi connectivity index (χ1n) is 7.67. The molecule has 0 atom stereocenters. The average Bonchev–Trinajstić information content (AvgIpc) is 2.88. The number of aromatic nitrogens is 3. The zero-order chi connectivity index (χ0) is 16.8. The van der Waals surface area contributed by atoms with Crippen molar-refractivity contribution < 1.29 is 4.79 Å². The second-order valence-corrected chi connectivity index (χ2v) is 5.68. The highest BCUT2D eigenvalue weighted by atomic mass is 16.2. The molecule has 0 aromatic carbocycles. The summed E-state index contributed by atoms with van der Waals surface area (Å²) >= 11 is 0. The minimum absolute atomic E-state index is 0.154. The van der Waals surface area contributed by atoms with E-state index in [0.29, 0.717) is 12.1 Å². The highest BCUT2D eigenvalue weighted by Gasteiger charge is 2.07. The molecular weight excluding hydrogens is 294 g/mol. The third-order valence-corrected chi connectivity index (χ3v) is 3.76. The molecule has 2 aromatic heterocycles. The van der Waals surface area contributed by atoms with Crippen molar-refractivity contribution in [1.29, 1.82) is 0 Å². The monoisotopic (exact) mass is 317 g/mol. The van der Waals surface area contributed by atoms with Crippen LogP contribution in [-0.2, 0) is 13.0 Å². The molecule has 2 amide bonds. The maximum absolute atomic E-state index is 11.9. The maximum Gasteiger partial charge on any atom is 0.315 e. The lowest BCUT2D eigenvalue weighted by Crippen LogP contribution is -2.37. The van der Waals surface area contributed by atoms with Crippen molar-refractivity contribution in [3.63, 3.8) is 0 Å². The molecular formula is C16H23N5O2. The Morgan fingerprint density at radius 1 is 1.26 bits per heavy atom. The molecule has 0 radical (unpaired) electrons. The summed E-state index contributed by atoms with van der Waals surface area (Å²) in [6, 6.07) is 1.62. The van der Waals surface area contributed by atoms with Gasteiger partial charge in [-0.2, -0.15) is 5.10 Å². The zero-order valence-corrected chi connectivity index (χ0v) is 13.7. The van der Waals surface area contributed by atoms with Gasteiger partial charge in [0.1, 0.15) is 0 Å². The van der Waals surface area contributed by atoms with Gasteiger partial charge in [0.25, 0.3) is 5.56 Å². The molecule has 0 unspecified atom stereocenters. The van der Waals surface area contributed by atoms with Crippen LogP contribution in [0.4, 0.5) is 4.79 Å². The number of rotatable bonds is 6. The van der Waals surface area contributed by atoms with Crippen molar-refractivity contribution in [2.75, 3.05) is 6.54 Å². The van der Waals surface area contributed by atoms with Crippen LogP contribution in [-0.4, -0.2) is 27.8 Å². The van der Waals surface area contributed by atoms with Gasteiger partial charge in [0.05, 0.1) is 12.7 Å². The molecule has 0 aliphatic rings. The number of amides is 2. The lowest BCUT2D eigenvalue weighted by atomic mass is 10.1. The summed E-state index contributed by atoms with van der Waals surface area (Å²) in [6.45, 7) is 6.46. The summed E-state index contributed by atoms with van der Waals surface area (Å²) in [6.07, 6.45) is 3.50. The molecule has 124 valence electrons. The number of nitrogens with one attached hydrogen (secondary N) is 4. The van der Waals surface area contributed by atoms with E-state index in [1.165, 1.54) is 0 Å². The number of aryl methyl sites for hydroxylation is 4. The van der Waals surface area contributed by atoms with Crippen LogP contribution in [0.2, 0.25) is 0 Å². The summed E-state index contributed by atoms with van der Waals surface area (Å²) in [5.74, 6) is 0. The second kappa shape index (κ2) is 7.62. The maximum atomic E-state index is 11.9. The summed E-state index contributed by atoms with van der Waals surface area (Å²) in [7, 11) is 0. The SMILES string of the molecule is Cc1cc(C)c(CNC(=O)NCCCc2cn[nH]c2C)c(=O)[nH]1. The Labute approximate surface area is 134 Å². The summed E-state index contributed by atoms with van der Waals surface area (Å²) in [4.78, 5) is 26.4. The van der Waals surface area contributed by atoms with Crippen LogP contribution >= 0.6 is 0 Å². The first kappa shape index (κ1) is 16.8. The first-order chi connectivity index (χ1) is 11.0. The molecule has 2 heterocycles. The molecule has 7 nitrogen and oxygen atoms in total. The van der Waals surface area contributed by atoms with Crippen LogP contribution in [0.25, 0.3) is 0 Å². The van der Waals surface area contributed by atoms with Gasteiger partial charge in [-0.05, 0) is 50.8 Å². The molecule has 0 bridgehead atoms. The van der Waals surface area contributed by atoms with Gasteiger partial charge >= 0.3 is 6.03 Å². The Morgan fingerprint density at radius 2 is 2.04 bits per heavy atom. The Hall–Kier alpha value is -2.57. The van der Waals surface area contributed by atoms with Gasteiger partial charge < -0.3 is 15.6 Å². The van der Waals surface area contributed by atoms with Crippen molar-refractivity contribution in [3.05, 3.63) is 50.7 Å². The zero-order valence-electron chi connectivity index (χ0n) is 13.7. The normalized spacial score (nSPS) is 10.6. The van der Waals surface area contributed by atoms with Gasteiger partial charge in [-0.15, -0.1) is 0 Å². The van der Waals surface area contributed by atoms with Gasteiger partial charge in [-0.3, -0.25) is 9.89 Å². The van der Waals surface area contributed by atoms with Crippen LogP contribution in [0, 0.1) is 20.8 Å². The molecule has 4 N–H and O–H groups in total. The van der Waals surface area contributed by atoms with Crippen molar-refractivity contribution in [3.8, 4) is 0 Å². The Balaban J connectivity index is 1.73. The van der Waals surface area contributed by atoms with E-state index < -0.39 is 0 Å². The minimum atomic E-state index is -0.270. The first-order valence-corrected chi connectivity index (χ1v) is 7.67. The van der Waals surface area contributed by atoms with Crippen LogP contribution in [0.15, 0.2) is 17.1 Å². The van der Waals surface area contributed by atoms with Gasteiger partial charge in [-0.1, -0.05) is 0 Å². The molecule has 0 saturated carbocycles. The van der Waals surface area contributed by atoms with Crippen molar-refractivity contribution >= 4 is 6.03 Å². The molecule has 2 aromatic rings.